The van der Waals surface area contributed by atoms with E-state index in [0.29, 0.717) is 5.95 Å². The monoisotopic (exact) mass is 306 g/mol. The number of ketones is 1. The average molecular weight is 306 g/mol. The van der Waals surface area contributed by atoms with Crippen molar-refractivity contribution >= 4 is 22.9 Å². The number of imidazole rings is 1. The quantitative estimate of drug-likeness (QED) is 0.709. The van der Waals surface area contributed by atoms with Gasteiger partial charge in [0.15, 0.2) is 11.2 Å². The summed E-state index contributed by atoms with van der Waals surface area (Å²) in [6.07, 6.45) is 0. The summed E-state index contributed by atoms with van der Waals surface area (Å²) < 4.78 is 2.59. The molecule has 1 aliphatic rings. The molecule has 118 valence electrons. The second-order valence-corrected chi connectivity index (χ2v) is 5.43. The van der Waals surface area contributed by atoms with Gasteiger partial charge in [0.1, 0.15) is 5.78 Å². The van der Waals surface area contributed by atoms with E-state index in [9.17, 15) is 14.4 Å². The first-order valence-electron chi connectivity index (χ1n) is 7.13. The first-order valence-corrected chi connectivity index (χ1v) is 7.13. The van der Waals surface area contributed by atoms with Crippen LogP contribution in [0, 0.1) is 0 Å². The van der Waals surface area contributed by atoms with E-state index in [0.717, 1.165) is 30.7 Å². The SMILES string of the molecule is CC(=O)Cn1c(N2CCNCC2)nc2[nH]c(=O)n(C)c(=O)c21. The van der Waals surface area contributed by atoms with Crippen molar-refractivity contribution in [2.75, 3.05) is 31.1 Å². The van der Waals surface area contributed by atoms with Crippen molar-refractivity contribution in [3.63, 3.8) is 0 Å². The highest BCUT2D eigenvalue weighted by Gasteiger charge is 2.22. The lowest BCUT2D eigenvalue weighted by Crippen LogP contribution is -2.44. The minimum atomic E-state index is -0.517. The van der Waals surface area contributed by atoms with Crippen molar-refractivity contribution in [1.82, 2.24) is 24.4 Å². The molecule has 2 aromatic rings. The molecule has 3 rings (SSSR count). The van der Waals surface area contributed by atoms with Crippen LogP contribution >= 0.6 is 0 Å². The van der Waals surface area contributed by atoms with Gasteiger partial charge < -0.3 is 10.2 Å². The molecule has 1 aliphatic heterocycles. The van der Waals surface area contributed by atoms with E-state index in [4.69, 9.17) is 0 Å². The Morgan fingerprint density at radius 3 is 2.59 bits per heavy atom. The zero-order valence-corrected chi connectivity index (χ0v) is 12.5. The van der Waals surface area contributed by atoms with Crippen LogP contribution in [0.2, 0.25) is 0 Å². The number of carbonyl (C=O) groups excluding carboxylic acids is 1. The fraction of sp³-hybridized carbons (Fsp3) is 0.538. The first kappa shape index (κ1) is 14.5. The topological polar surface area (TPSA) is 105 Å². The summed E-state index contributed by atoms with van der Waals surface area (Å²) in [5, 5.41) is 3.24. The molecule has 22 heavy (non-hydrogen) atoms. The molecule has 2 N–H and O–H groups in total. The molecule has 1 saturated heterocycles. The van der Waals surface area contributed by atoms with Crippen molar-refractivity contribution in [2.24, 2.45) is 7.05 Å². The molecule has 1 fully saturated rings. The van der Waals surface area contributed by atoms with Crippen LogP contribution in [0.25, 0.3) is 11.2 Å². The molecule has 0 radical (unpaired) electrons. The van der Waals surface area contributed by atoms with Gasteiger partial charge in [0, 0.05) is 33.2 Å². The minimum absolute atomic E-state index is 0.0526. The van der Waals surface area contributed by atoms with Crippen molar-refractivity contribution in [1.29, 1.82) is 0 Å². The number of nitrogens with zero attached hydrogens (tertiary/aromatic N) is 4. The van der Waals surface area contributed by atoms with Gasteiger partial charge in [-0.3, -0.25) is 23.7 Å². The standard InChI is InChI=1S/C13H18N6O3/c1-8(20)7-19-9-10(16-13(22)17(2)11(9)21)15-12(19)18-5-3-14-4-6-18/h14H,3-7H2,1-2H3,(H,16,22). The summed E-state index contributed by atoms with van der Waals surface area (Å²) in [6.45, 7) is 4.58. The zero-order valence-electron chi connectivity index (χ0n) is 12.5. The van der Waals surface area contributed by atoms with E-state index in [1.54, 1.807) is 4.57 Å². The summed E-state index contributed by atoms with van der Waals surface area (Å²) in [4.78, 5) is 44.7. The van der Waals surface area contributed by atoms with Gasteiger partial charge in [0.2, 0.25) is 5.95 Å². The normalized spacial score (nSPS) is 15.5. The summed E-state index contributed by atoms with van der Waals surface area (Å²) in [5.74, 6) is 0.467. The smallest absolute Gasteiger partial charge is 0.329 e. The predicted molar refractivity (Wildman–Crippen MR) is 81.4 cm³/mol. The van der Waals surface area contributed by atoms with Gasteiger partial charge >= 0.3 is 5.69 Å². The molecular weight excluding hydrogens is 288 g/mol. The molecular formula is C13H18N6O3. The van der Waals surface area contributed by atoms with E-state index < -0.39 is 11.2 Å². The van der Waals surface area contributed by atoms with Crippen LogP contribution in [0.1, 0.15) is 6.92 Å². The third-order valence-corrected chi connectivity index (χ3v) is 3.77. The van der Waals surface area contributed by atoms with Gasteiger partial charge in [0.05, 0.1) is 6.54 Å². The Morgan fingerprint density at radius 1 is 1.27 bits per heavy atom. The fourth-order valence-corrected chi connectivity index (χ4v) is 2.66. The number of aromatic nitrogens is 4. The van der Waals surface area contributed by atoms with Crippen LogP contribution in [0.3, 0.4) is 0 Å². The van der Waals surface area contributed by atoms with Crippen LogP contribution in [0.4, 0.5) is 5.95 Å². The highest BCUT2D eigenvalue weighted by molar-refractivity contribution is 5.80. The molecule has 0 unspecified atom stereocenters. The Kier molecular flexibility index (Phi) is 3.57. The number of H-pyrrole nitrogens is 1. The highest BCUT2D eigenvalue weighted by Crippen LogP contribution is 2.19. The number of Topliss-reactive ketones (excluding diaryl/α,β-unsaturated/α-hetero) is 1. The molecule has 0 saturated carbocycles. The van der Waals surface area contributed by atoms with E-state index in [-0.39, 0.29) is 23.5 Å². The third kappa shape index (κ3) is 2.33. The fourth-order valence-electron chi connectivity index (χ4n) is 2.66. The number of anilines is 1. The predicted octanol–water partition coefficient (Wildman–Crippen LogP) is -1.58. The van der Waals surface area contributed by atoms with Crippen molar-refractivity contribution in [3.8, 4) is 0 Å². The average Bonchev–Trinajstić information content (AvgIpc) is 2.83. The zero-order chi connectivity index (χ0) is 15.9. The summed E-state index contributed by atoms with van der Waals surface area (Å²) >= 11 is 0. The van der Waals surface area contributed by atoms with E-state index >= 15 is 0 Å². The number of hydrogen-bond donors (Lipinski definition) is 2. The summed E-state index contributed by atoms with van der Waals surface area (Å²) in [6, 6.07) is 0. The number of hydrogen-bond acceptors (Lipinski definition) is 6. The number of fused-ring (bicyclic) bond motifs is 1. The van der Waals surface area contributed by atoms with E-state index in [1.807, 2.05) is 4.90 Å². The van der Waals surface area contributed by atoms with Crippen LogP contribution < -0.4 is 21.5 Å². The van der Waals surface area contributed by atoms with Gasteiger partial charge in [-0.15, -0.1) is 0 Å². The lowest BCUT2D eigenvalue weighted by atomic mass is 10.4. The number of rotatable bonds is 3. The van der Waals surface area contributed by atoms with E-state index in [1.165, 1.54) is 14.0 Å². The number of carbonyl (C=O) groups is 1. The Morgan fingerprint density at radius 2 is 1.95 bits per heavy atom. The van der Waals surface area contributed by atoms with Crippen molar-refractivity contribution < 1.29 is 4.79 Å². The largest absolute Gasteiger partial charge is 0.340 e. The number of nitrogens with one attached hydrogen (secondary N) is 2. The molecule has 0 aromatic carbocycles. The molecule has 2 aromatic heterocycles. The summed E-state index contributed by atoms with van der Waals surface area (Å²) in [7, 11) is 1.40. The van der Waals surface area contributed by atoms with E-state index in [2.05, 4.69) is 15.3 Å². The molecule has 0 atom stereocenters. The maximum atomic E-state index is 12.4. The highest BCUT2D eigenvalue weighted by atomic mass is 16.2. The molecule has 0 bridgehead atoms. The van der Waals surface area contributed by atoms with Crippen LogP contribution in [-0.4, -0.2) is 51.1 Å². The maximum Gasteiger partial charge on any atom is 0.329 e. The van der Waals surface area contributed by atoms with Gasteiger partial charge in [-0.05, 0) is 6.92 Å². The van der Waals surface area contributed by atoms with Gasteiger partial charge in [-0.2, -0.15) is 4.98 Å². The number of aromatic amines is 1. The first-order chi connectivity index (χ1) is 10.5. The third-order valence-electron chi connectivity index (χ3n) is 3.77. The van der Waals surface area contributed by atoms with Gasteiger partial charge in [-0.25, -0.2) is 4.79 Å². The van der Waals surface area contributed by atoms with Crippen LogP contribution in [-0.2, 0) is 18.4 Å². The Bertz CT molecular complexity index is 840. The van der Waals surface area contributed by atoms with Gasteiger partial charge in [-0.1, -0.05) is 0 Å². The molecule has 9 heteroatoms. The molecule has 0 aliphatic carbocycles. The second kappa shape index (κ2) is 5.41. The molecule has 3 heterocycles. The second-order valence-electron chi connectivity index (χ2n) is 5.43. The van der Waals surface area contributed by atoms with Crippen LogP contribution in [0.15, 0.2) is 9.59 Å². The molecule has 0 spiro atoms. The lowest BCUT2D eigenvalue weighted by molar-refractivity contribution is -0.117. The Hall–Kier alpha value is -2.42. The van der Waals surface area contributed by atoms with Crippen molar-refractivity contribution in [3.05, 3.63) is 20.8 Å². The Balaban J connectivity index is 2.26. The Labute approximate surface area is 125 Å². The lowest BCUT2D eigenvalue weighted by Gasteiger charge is -2.28. The summed E-state index contributed by atoms with van der Waals surface area (Å²) in [5.41, 5.74) is -0.487. The molecule has 0 amide bonds. The molecule has 9 nitrogen and oxygen atoms in total. The number of piperazine rings is 1. The minimum Gasteiger partial charge on any atom is -0.340 e. The van der Waals surface area contributed by atoms with Crippen LogP contribution in [0.5, 0.6) is 0 Å². The van der Waals surface area contributed by atoms with Gasteiger partial charge in [0.25, 0.3) is 5.56 Å². The maximum absolute atomic E-state index is 12.4. The van der Waals surface area contributed by atoms with Crippen molar-refractivity contribution in [2.45, 2.75) is 13.5 Å².